The molecule has 1 saturated heterocycles. The Labute approximate surface area is 203 Å². The molecule has 34 heavy (non-hydrogen) atoms. The number of hydrogen-bond acceptors (Lipinski definition) is 3. The van der Waals surface area contributed by atoms with Gasteiger partial charge in [0.1, 0.15) is 5.75 Å². The smallest absolute Gasteiger partial charge is 0.116 e. The van der Waals surface area contributed by atoms with Crippen molar-refractivity contribution < 1.29 is 10.2 Å². The molecule has 0 radical (unpaired) electrons. The molecule has 3 heteroatoms. The first-order chi connectivity index (χ1) is 16.7. The molecular weight excluding hydrogens is 418 g/mol. The zero-order chi connectivity index (χ0) is 23.3. The van der Waals surface area contributed by atoms with Gasteiger partial charge in [0, 0.05) is 12.6 Å². The molecule has 0 spiro atoms. The van der Waals surface area contributed by atoms with Crippen LogP contribution in [0.4, 0.5) is 0 Å². The molecule has 3 aromatic rings. The maximum absolute atomic E-state index is 10.2. The van der Waals surface area contributed by atoms with Crippen LogP contribution < -0.4 is 0 Å². The Balaban J connectivity index is 1.50. The van der Waals surface area contributed by atoms with Crippen LogP contribution >= 0.6 is 0 Å². The lowest BCUT2D eigenvalue weighted by Crippen LogP contribution is -2.34. The second kappa shape index (κ2) is 10.6. The molecule has 2 fully saturated rings. The fourth-order valence-electron chi connectivity index (χ4n) is 5.44. The third-order valence-electron chi connectivity index (χ3n) is 7.41. The Bertz CT molecular complexity index is 1110. The molecule has 1 heterocycles. The van der Waals surface area contributed by atoms with E-state index in [2.05, 4.69) is 59.5 Å². The molecule has 0 amide bonds. The lowest BCUT2D eigenvalue weighted by molar-refractivity contribution is 0.203. The summed E-state index contributed by atoms with van der Waals surface area (Å²) >= 11 is 0. The molecule has 0 unspecified atom stereocenters. The molecule has 1 aliphatic heterocycles. The SMILES string of the molecule is OCCC/C(=C(/c1ccc(C2CCN(C3CC3)CC2)cc1)c1cccc(O)c1)c1ccccc1. The van der Waals surface area contributed by atoms with Crippen molar-refractivity contribution in [2.75, 3.05) is 19.7 Å². The number of phenolic OH excluding ortho intramolecular Hbond substituents is 1. The van der Waals surface area contributed by atoms with Crippen molar-refractivity contribution in [1.29, 1.82) is 0 Å². The van der Waals surface area contributed by atoms with Gasteiger partial charge in [0.2, 0.25) is 0 Å². The molecule has 1 aliphatic carbocycles. The highest BCUT2D eigenvalue weighted by atomic mass is 16.3. The van der Waals surface area contributed by atoms with Crippen molar-refractivity contribution in [2.24, 2.45) is 0 Å². The van der Waals surface area contributed by atoms with Gasteiger partial charge < -0.3 is 15.1 Å². The standard InChI is InChI=1S/C31H35NO2/c33-21-5-10-30(25-6-2-1-3-7-25)31(27-8-4-9-29(34)22-27)26-13-11-23(12-14-26)24-17-19-32(20-18-24)28-15-16-28/h1-4,6-9,11-14,22,24,28,33-34H,5,10,15-21H2/b31-30+. The van der Waals surface area contributed by atoms with E-state index in [1.807, 2.05) is 18.2 Å². The van der Waals surface area contributed by atoms with Crippen LogP contribution in [0.25, 0.3) is 11.1 Å². The summed E-state index contributed by atoms with van der Waals surface area (Å²) in [6, 6.07) is 28.0. The highest BCUT2D eigenvalue weighted by Crippen LogP contribution is 2.38. The van der Waals surface area contributed by atoms with Crippen molar-refractivity contribution in [1.82, 2.24) is 4.90 Å². The molecule has 3 aromatic carbocycles. The van der Waals surface area contributed by atoms with Gasteiger partial charge in [-0.3, -0.25) is 0 Å². The Morgan fingerprint density at radius 2 is 1.47 bits per heavy atom. The van der Waals surface area contributed by atoms with E-state index in [4.69, 9.17) is 0 Å². The van der Waals surface area contributed by atoms with Crippen LogP contribution in [0.15, 0.2) is 78.9 Å². The number of aromatic hydroxyl groups is 1. The quantitative estimate of drug-likeness (QED) is 0.384. The molecule has 1 saturated carbocycles. The number of benzene rings is 3. The summed E-state index contributed by atoms with van der Waals surface area (Å²) < 4.78 is 0. The molecule has 0 bridgehead atoms. The number of rotatable bonds is 8. The average molecular weight is 454 g/mol. The van der Waals surface area contributed by atoms with Gasteiger partial charge in [0.25, 0.3) is 0 Å². The Kier molecular flexibility index (Phi) is 7.13. The van der Waals surface area contributed by atoms with Crippen molar-refractivity contribution in [3.63, 3.8) is 0 Å². The van der Waals surface area contributed by atoms with Gasteiger partial charge in [-0.15, -0.1) is 0 Å². The summed E-state index contributed by atoms with van der Waals surface area (Å²) in [6.07, 6.45) is 6.75. The zero-order valence-electron chi connectivity index (χ0n) is 19.9. The number of phenols is 1. The van der Waals surface area contributed by atoms with Crippen LogP contribution in [0.5, 0.6) is 5.75 Å². The van der Waals surface area contributed by atoms with Crippen LogP contribution in [0.3, 0.4) is 0 Å². The first kappa shape index (κ1) is 22.9. The minimum Gasteiger partial charge on any atom is -0.508 e. The lowest BCUT2D eigenvalue weighted by atomic mass is 9.85. The van der Waals surface area contributed by atoms with Crippen molar-refractivity contribution in [3.8, 4) is 5.75 Å². The fourth-order valence-corrected chi connectivity index (χ4v) is 5.44. The summed E-state index contributed by atoms with van der Waals surface area (Å²) in [7, 11) is 0. The Hall–Kier alpha value is -2.88. The van der Waals surface area contributed by atoms with E-state index in [0.29, 0.717) is 12.3 Å². The van der Waals surface area contributed by atoms with Crippen molar-refractivity contribution in [3.05, 3.63) is 101 Å². The van der Waals surface area contributed by atoms with Crippen LogP contribution in [0.1, 0.15) is 66.7 Å². The highest BCUT2D eigenvalue weighted by Gasteiger charge is 2.32. The maximum Gasteiger partial charge on any atom is 0.116 e. The first-order valence-corrected chi connectivity index (χ1v) is 12.8. The predicted octanol–water partition coefficient (Wildman–Crippen LogP) is 6.47. The Morgan fingerprint density at radius 3 is 2.12 bits per heavy atom. The van der Waals surface area contributed by atoms with Crippen LogP contribution in [-0.2, 0) is 0 Å². The molecule has 3 nitrogen and oxygen atoms in total. The molecule has 0 atom stereocenters. The summed E-state index contributed by atoms with van der Waals surface area (Å²) in [4.78, 5) is 2.68. The molecule has 5 rings (SSSR count). The lowest BCUT2D eigenvalue weighted by Gasteiger charge is -2.32. The number of aliphatic hydroxyl groups is 1. The second-order valence-electron chi connectivity index (χ2n) is 9.76. The van der Waals surface area contributed by atoms with Crippen molar-refractivity contribution >= 4 is 11.1 Å². The monoisotopic (exact) mass is 453 g/mol. The maximum atomic E-state index is 10.2. The van der Waals surface area contributed by atoms with E-state index in [1.54, 1.807) is 6.07 Å². The van der Waals surface area contributed by atoms with Gasteiger partial charge >= 0.3 is 0 Å². The van der Waals surface area contributed by atoms with E-state index < -0.39 is 0 Å². The highest BCUT2D eigenvalue weighted by molar-refractivity contribution is 5.98. The summed E-state index contributed by atoms with van der Waals surface area (Å²) in [6.45, 7) is 2.61. The Morgan fingerprint density at radius 1 is 0.765 bits per heavy atom. The van der Waals surface area contributed by atoms with E-state index in [0.717, 1.165) is 34.7 Å². The van der Waals surface area contributed by atoms with Gasteiger partial charge in [-0.1, -0.05) is 66.7 Å². The first-order valence-electron chi connectivity index (χ1n) is 12.8. The number of aliphatic hydroxyl groups excluding tert-OH is 1. The van der Waals surface area contributed by atoms with Gasteiger partial charge in [-0.25, -0.2) is 0 Å². The number of hydrogen-bond donors (Lipinski definition) is 2. The summed E-state index contributed by atoms with van der Waals surface area (Å²) in [5.41, 5.74) is 7.08. The number of piperidine rings is 1. The van der Waals surface area contributed by atoms with Crippen LogP contribution in [0, 0.1) is 0 Å². The number of allylic oxidation sites excluding steroid dienone is 1. The number of nitrogens with zero attached hydrogens (tertiary/aromatic N) is 1. The van der Waals surface area contributed by atoms with E-state index in [1.165, 1.54) is 49.9 Å². The third-order valence-corrected chi connectivity index (χ3v) is 7.41. The van der Waals surface area contributed by atoms with Crippen molar-refractivity contribution in [2.45, 2.75) is 50.5 Å². The van der Waals surface area contributed by atoms with E-state index in [9.17, 15) is 10.2 Å². The van der Waals surface area contributed by atoms with Gasteiger partial charge in [-0.2, -0.15) is 0 Å². The second-order valence-corrected chi connectivity index (χ2v) is 9.76. The summed E-state index contributed by atoms with van der Waals surface area (Å²) in [5, 5.41) is 19.9. The van der Waals surface area contributed by atoms with E-state index >= 15 is 0 Å². The van der Waals surface area contributed by atoms with Gasteiger partial charge in [-0.05, 0) is 103 Å². The largest absolute Gasteiger partial charge is 0.508 e. The topological polar surface area (TPSA) is 43.7 Å². The molecule has 2 N–H and O–H groups in total. The normalized spacial score (nSPS) is 18.0. The van der Waals surface area contributed by atoms with E-state index in [-0.39, 0.29) is 12.4 Å². The minimum absolute atomic E-state index is 0.155. The van der Waals surface area contributed by atoms with Gasteiger partial charge in [0.15, 0.2) is 0 Å². The molecule has 0 aromatic heterocycles. The molecule has 176 valence electrons. The molecule has 2 aliphatic rings. The predicted molar refractivity (Wildman–Crippen MR) is 140 cm³/mol. The van der Waals surface area contributed by atoms with Gasteiger partial charge in [0.05, 0.1) is 0 Å². The van der Waals surface area contributed by atoms with Crippen LogP contribution in [-0.4, -0.2) is 40.9 Å². The minimum atomic E-state index is 0.155. The fraction of sp³-hybridized carbons (Fsp3) is 0.355. The summed E-state index contributed by atoms with van der Waals surface area (Å²) in [5.74, 6) is 0.906. The average Bonchev–Trinajstić information content (AvgIpc) is 3.73. The number of likely N-dealkylation sites (tertiary alicyclic amines) is 1. The zero-order valence-corrected chi connectivity index (χ0v) is 19.9. The molecular formula is C31H35NO2. The third kappa shape index (κ3) is 5.27. The van der Waals surface area contributed by atoms with Crippen LogP contribution in [0.2, 0.25) is 0 Å².